The minimum Gasteiger partial charge on any atom is -0.463 e. The minimum absolute atomic E-state index is 0.160. The number of allylic oxidation sites excluding steroid dienone is 1. The molecule has 0 radical (unpaired) electrons. The third-order valence-electron chi connectivity index (χ3n) is 3.82. The van der Waals surface area contributed by atoms with Gasteiger partial charge in [0.2, 0.25) is 0 Å². The van der Waals surface area contributed by atoms with Crippen LogP contribution in [0.2, 0.25) is 0 Å². The molecule has 0 amide bonds. The van der Waals surface area contributed by atoms with Crippen LogP contribution in [0.1, 0.15) is 31.6 Å². The fraction of sp³-hybridized carbons (Fsp3) is 0.562. The van der Waals surface area contributed by atoms with Crippen LogP contribution in [0.25, 0.3) is 6.08 Å². The molecular weight excluding hydrogens is 415 g/mol. The maximum absolute atomic E-state index is 14.4. The zero-order chi connectivity index (χ0) is 19.3. The van der Waals surface area contributed by atoms with E-state index < -0.39 is 41.8 Å². The molecule has 1 aromatic heterocycles. The van der Waals surface area contributed by atoms with E-state index in [1.807, 2.05) is 0 Å². The summed E-state index contributed by atoms with van der Waals surface area (Å²) >= 11 is 3.30. The maximum atomic E-state index is 14.4. The Kier molecular flexibility index (Phi) is 7.30. The molecule has 1 saturated heterocycles. The summed E-state index contributed by atoms with van der Waals surface area (Å²) in [7, 11) is 0. The Morgan fingerprint density at radius 3 is 2.92 bits per heavy atom. The van der Waals surface area contributed by atoms with Gasteiger partial charge in [-0.05, 0) is 12.8 Å². The molecule has 0 saturated carbocycles. The number of halogens is 2. The van der Waals surface area contributed by atoms with Gasteiger partial charge in [0.15, 0.2) is 12.4 Å². The summed E-state index contributed by atoms with van der Waals surface area (Å²) in [6.45, 7) is 0.831. The third-order valence-corrected chi connectivity index (χ3v) is 4.38. The van der Waals surface area contributed by atoms with Crippen LogP contribution < -0.4 is 11.2 Å². The monoisotopic (exact) mass is 434 g/mol. The molecule has 0 bridgehead atoms. The number of nitrogens with one attached hydrogen (secondary N) is 1. The molecule has 0 spiro atoms. The normalized spacial score (nSPS) is 25.7. The number of nitrogens with zero attached hydrogens (tertiary/aromatic N) is 1. The van der Waals surface area contributed by atoms with Gasteiger partial charge in [0.25, 0.3) is 5.56 Å². The van der Waals surface area contributed by atoms with Gasteiger partial charge in [-0.25, -0.2) is 9.18 Å². The first-order valence-corrected chi connectivity index (χ1v) is 9.16. The smallest absolute Gasteiger partial charge is 0.330 e. The first-order valence-electron chi connectivity index (χ1n) is 8.04. The number of hydrogen-bond donors (Lipinski definition) is 2. The van der Waals surface area contributed by atoms with Crippen molar-refractivity contribution < 1.29 is 23.8 Å². The molecule has 10 heteroatoms. The van der Waals surface area contributed by atoms with Crippen LogP contribution in [-0.2, 0) is 14.3 Å². The quantitative estimate of drug-likeness (QED) is 0.374. The summed E-state index contributed by atoms with van der Waals surface area (Å²) in [6, 6.07) is 0. The van der Waals surface area contributed by atoms with Crippen molar-refractivity contribution in [1.29, 1.82) is 0 Å². The Bertz CT molecular complexity index is 777. The van der Waals surface area contributed by atoms with E-state index in [0.717, 1.165) is 22.7 Å². The fourth-order valence-corrected chi connectivity index (χ4v) is 2.80. The number of aromatic amines is 1. The van der Waals surface area contributed by atoms with Crippen LogP contribution in [0.15, 0.2) is 21.9 Å². The molecule has 144 valence electrons. The van der Waals surface area contributed by atoms with Gasteiger partial charge in [-0.2, -0.15) is 0 Å². The summed E-state index contributed by atoms with van der Waals surface area (Å²) in [5.74, 6) is -0.600. The molecule has 0 unspecified atom stereocenters. The zero-order valence-electron chi connectivity index (χ0n) is 14.1. The van der Waals surface area contributed by atoms with E-state index in [1.165, 1.54) is 19.2 Å². The van der Waals surface area contributed by atoms with Gasteiger partial charge in [0.1, 0.15) is 18.8 Å². The highest BCUT2D eigenvalue weighted by atomic mass is 79.9. The van der Waals surface area contributed by atoms with E-state index in [-0.39, 0.29) is 12.2 Å². The molecule has 2 N–H and O–H groups in total. The van der Waals surface area contributed by atoms with Crippen molar-refractivity contribution in [2.24, 2.45) is 0 Å². The lowest BCUT2D eigenvalue weighted by Gasteiger charge is -2.16. The van der Waals surface area contributed by atoms with Crippen LogP contribution >= 0.6 is 15.9 Å². The van der Waals surface area contributed by atoms with Crippen molar-refractivity contribution in [1.82, 2.24) is 9.55 Å². The first kappa shape index (κ1) is 20.5. The summed E-state index contributed by atoms with van der Waals surface area (Å²) < 4.78 is 25.4. The van der Waals surface area contributed by atoms with Crippen molar-refractivity contribution in [3.63, 3.8) is 0 Å². The summed E-state index contributed by atoms with van der Waals surface area (Å²) in [5, 5.41) is 10.7. The average Bonchev–Trinajstić information content (AvgIpc) is 2.86. The van der Waals surface area contributed by atoms with E-state index in [2.05, 4.69) is 20.9 Å². The summed E-state index contributed by atoms with van der Waals surface area (Å²) in [6.07, 6.45) is 0.0213. The number of hydrogen-bond acceptors (Lipinski definition) is 6. The predicted molar refractivity (Wildman–Crippen MR) is 94.8 cm³/mol. The number of aromatic nitrogens is 2. The number of aliphatic hydroxyl groups excluding tert-OH is 1. The topological polar surface area (TPSA) is 111 Å². The van der Waals surface area contributed by atoms with Gasteiger partial charge < -0.3 is 14.6 Å². The first-order chi connectivity index (χ1) is 12.3. The van der Waals surface area contributed by atoms with Crippen LogP contribution in [0.5, 0.6) is 0 Å². The maximum Gasteiger partial charge on any atom is 0.330 e. The van der Waals surface area contributed by atoms with Gasteiger partial charge in [-0.3, -0.25) is 19.1 Å². The molecule has 1 aliphatic rings. The highest BCUT2D eigenvalue weighted by Crippen LogP contribution is 2.31. The molecule has 1 fully saturated rings. The zero-order valence-corrected chi connectivity index (χ0v) is 15.6. The van der Waals surface area contributed by atoms with Crippen LogP contribution in [0.4, 0.5) is 4.39 Å². The molecule has 0 aromatic carbocycles. The summed E-state index contributed by atoms with van der Waals surface area (Å²) in [4.78, 5) is 36.9. The van der Waals surface area contributed by atoms with Gasteiger partial charge in [0.05, 0.1) is 5.56 Å². The number of ether oxygens (including phenoxy) is 2. The lowest BCUT2D eigenvalue weighted by Crippen LogP contribution is -2.36. The van der Waals surface area contributed by atoms with Gasteiger partial charge in [-0.15, -0.1) is 0 Å². The average molecular weight is 435 g/mol. The second-order valence-corrected chi connectivity index (χ2v) is 6.58. The molecule has 2 heterocycles. The Hall–Kier alpha value is -1.78. The predicted octanol–water partition coefficient (Wildman–Crippen LogP) is 0.884. The van der Waals surface area contributed by atoms with Crippen molar-refractivity contribution in [3.8, 4) is 0 Å². The molecule has 1 aromatic rings. The van der Waals surface area contributed by atoms with Crippen LogP contribution in [0.3, 0.4) is 0 Å². The Labute approximate surface area is 156 Å². The van der Waals surface area contributed by atoms with E-state index in [1.54, 1.807) is 6.08 Å². The van der Waals surface area contributed by atoms with E-state index in [9.17, 15) is 23.9 Å². The van der Waals surface area contributed by atoms with Gasteiger partial charge >= 0.3 is 11.7 Å². The highest BCUT2D eigenvalue weighted by molar-refractivity contribution is 9.09. The molecule has 26 heavy (non-hydrogen) atoms. The van der Waals surface area contributed by atoms with Crippen LogP contribution in [0, 0.1) is 0 Å². The van der Waals surface area contributed by atoms with Crippen molar-refractivity contribution >= 4 is 28.0 Å². The molecular formula is C16H20BrFN2O6. The Balaban J connectivity index is 2.24. The fourth-order valence-electron chi connectivity index (χ4n) is 2.48. The van der Waals surface area contributed by atoms with Gasteiger partial charge in [-0.1, -0.05) is 28.1 Å². The SMILES string of the molecule is CC(=O)OC[C@H]1O[C@@H](n2cc(/C=C/CCCBr)c(=O)[nH]c2=O)[C@H](F)[C@@H]1O. The number of H-pyrrole nitrogens is 1. The standard InChI is InChI=1S/C16H20BrFN2O6/c1-9(21)25-8-11-13(22)12(18)15(26-11)20-7-10(5-3-2-4-6-17)14(23)19-16(20)24/h3,5,7,11-13,15,22H,2,4,6,8H2,1H3,(H,19,23,24)/b5-3+/t11-,12-,13-,15-/m1/s1. The number of alkyl halides is 2. The van der Waals surface area contributed by atoms with Gasteiger partial charge in [0, 0.05) is 18.5 Å². The second kappa shape index (κ2) is 9.24. The van der Waals surface area contributed by atoms with Crippen molar-refractivity contribution in [2.75, 3.05) is 11.9 Å². The number of esters is 1. The largest absolute Gasteiger partial charge is 0.463 e. The van der Waals surface area contributed by atoms with Crippen molar-refractivity contribution in [2.45, 2.75) is 44.4 Å². The number of carbonyl (C=O) groups is 1. The second-order valence-electron chi connectivity index (χ2n) is 5.79. The third kappa shape index (κ3) is 4.89. The van der Waals surface area contributed by atoms with E-state index in [0.29, 0.717) is 0 Å². The number of rotatable bonds is 7. The minimum atomic E-state index is -1.93. The van der Waals surface area contributed by atoms with E-state index in [4.69, 9.17) is 9.47 Å². The molecule has 1 aliphatic heterocycles. The van der Waals surface area contributed by atoms with Crippen LogP contribution in [-0.4, -0.2) is 50.9 Å². The summed E-state index contributed by atoms with van der Waals surface area (Å²) in [5.41, 5.74) is -1.31. The number of unbranched alkanes of at least 4 members (excludes halogenated alkanes) is 1. The highest BCUT2D eigenvalue weighted by Gasteiger charge is 2.46. The number of aliphatic hydroxyl groups is 1. The Morgan fingerprint density at radius 2 is 2.27 bits per heavy atom. The lowest BCUT2D eigenvalue weighted by atomic mass is 10.1. The molecule has 4 atom stereocenters. The Morgan fingerprint density at radius 1 is 1.54 bits per heavy atom. The number of carbonyl (C=O) groups excluding carboxylic acids is 1. The lowest BCUT2D eigenvalue weighted by molar-refractivity contribution is -0.147. The molecule has 0 aliphatic carbocycles. The molecule has 2 rings (SSSR count). The van der Waals surface area contributed by atoms with E-state index >= 15 is 0 Å². The van der Waals surface area contributed by atoms with Crippen molar-refractivity contribution in [3.05, 3.63) is 38.7 Å². The molecule has 8 nitrogen and oxygen atoms in total.